The van der Waals surface area contributed by atoms with E-state index in [4.69, 9.17) is 21.7 Å². The predicted molar refractivity (Wildman–Crippen MR) is 95.0 cm³/mol. The molecule has 0 spiro atoms. The van der Waals surface area contributed by atoms with Crippen molar-refractivity contribution in [1.29, 1.82) is 0 Å². The number of thiocarbonyl (C=S) groups is 1. The Kier molecular flexibility index (Phi) is 3.85. The van der Waals surface area contributed by atoms with E-state index in [0.29, 0.717) is 24.7 Å². The second-order valence-electron chi connectivity index (χ2n) is 5.48. The summed E-state index contributed by atoms with van der Waals surface area (Å²) in [4.78, 5) is 13.8. The van der Waals surface area contributed by atoms with Crippen LogP contribution in [-0.4, -0.2) is 24.2 Å². The number of amides is 1. The second-order valence-corrected chi connectivity index (χ2v) is 5.87. The molecule has 0 radical (unpaired) electrons. The molecule has 2 aliphatic heterocycles. The Morgan fingerprint density at radius 3 is 2.68 bits per heavy atom. The molecule has 0 bridgehead atoms. The maximum absolute atomic E-state index is 14.0. The van der Waals surface area contributed by atoms with Crippen molar-refractivity contribution in [2.24, 2.45) is 0 Å². The number of fused-ring (bicyclic) bond motifs is 1. The van der Waals surface area contributed by atoms with Gasteiger partial charge in [0.1, 0.15) is 24.7 Å². The van der Waals surface area contributed by atoms with Gasteiger partial charge in [-0.3, -0.25) is 4.79 Å². The van der Waals surface area contributed by atoms with Crippen LogP contribution >= 0.6 is 12.2 Å². The lowest BCUT2D eigenvalue weighted by molar-refractivity contribution is -0.113. The van der Waals surface area contributed by atoms with E-state index < -0.39 is 11.7 Å². The molecule has 25 heavy (non-hydrogen) atoms. The van der Waals surface area contributed by atoms with Crippen LogP contribution in [-0.2, 0) is 4.79 Å². The highest BCUT2D eigenvalue weighted by molar-refractivity contribution is 7.80. The number of nitrogens with zero attached hydrogens (tertiary/aromatic N) is 1. The van der Waals surface area contributed by atoms with Gasteiger partial charge in [0.25, 0.3) is 5.91 Å². The zero-order chi connectivity index (χ0) is 17.4. The average molecular weight is 356 g/mol. The highest BCUT2D eigenvalue weighted by atomic mass is 32.1. The van der Waals surface area contributed by atoms with E-state index in [1.807, 2.05) is 6.07 Å². The van der Waals surface area contributed by atoms with Crippen LogP contribution in [0.5, 0.6) is 11.5 Å². The summed E-state index contributed by atoms with van der Waals surface area (Å²) >= 11 is 5.19. The summed E-state index contributed by atoms with van der Waals surface area (Å²) in [5.41, 5.74) is 1.14. The topological polar surface area (TPSA) is 50.8 Å². The van der Waals surface area contributed by atoms with Crippen LogP contribution in [0.4, 0.5) is 10.1 Å². The van der Waals surface area contributed by atoms with Crippen LogP contribution in [0.3, 0.4) is 0 Å². The molecule has 0 aliphatic carbocycles. The summed E-state index contributed by atoms with van der Waals surface area (Å²) in [5.74, 6) is 0.368. The van der Waals surface area contributed by atoms with Gasteiger partial charge in [-0.15, -0.1) is 0 Å². The van der Waals surface area contributed by atoms with Gasteiger partial charge in [-0.2, -0.15) is 0 Å². The highest BCUT2D eigenvalue weighted by Gasteiger charge is 2.33. The van der Waals surface area contributed by atoms with E-state index >= 15 is 0 Å². The fraction of sp³-hybridized carbons (Fsp3) is 0.111. The Labute approximate surface area is 148 Å². The van der Waals surface area contributed by atoms with Crippen molar-refractivity contribution in [3.63, 3.8) is 0 Å². The van der Waals surface area contributed by atoms with Crippen molar-refractivity contribution in [3.8, 4) is 11.5 Å². The van der Waals surface area contributed by atoms with Gasteiger partial charge in [0.2, 0.25) is 0 Å². The van der Waals surface area contributed by atoms with Crippen molar-refractivity contribution in [2.45, 2.75) is 0 Å². The number of benzene rings is 2. The van der Waals surface area contributed by atoms with Crippen molar-refractivity contribution in [1.82, 2.24) is 5.32 Å². The zero-order valence-corrected chi connectivity index (χ0v) is 13.8. The number of hydrogen-bond acceptors (Lipinski definition) is 4. The van der Waals surface area contributed by atoms with Gasteiger partial charge in [0, 0.05) is 0 Å². The molecule has 1 N–H and O–H groups in total. The first-order valence-corrected chi connectivity index (χ1v) is 8.05. The molecule has 1 amide bonds. The summed E-state index contributed by atoms with van der Waals surface area (Å²) in [5, 5.41) is 2.98. The Morgan fingerprint density at radius 2 is 1.88 bits per heavy atom. The number of hydrogen-bond donors (Lipinski definition) is 1. The minimum atomic E-state index is -0.513. The summed E-state index contributed by atoms with van der Waals surface area (Å²) in [6.45, 7) is 0.995. The van der Waals surface area contributed by atoms with Gasteiger partial charge < -0.3 is 14.8 Å². The van der Waals surface area contributed by atoms with Gasteiger partial charge in [0.15, 0.2) is 16.6 Å². The first-order chi connectivity index (χ1) is 12.1. The molecule has 0 atom stereocenters. The molecule has 0 aromatic heterocycles. The van der Waals surface area contributed by atoms with E-state index in [1.165, 1.54) is 12.1 Å². The molecule has 7 heteroatoms. The molecular formula is C18H13FN2O3S. The summed E-state index contributed by atoms with van der Waals surface area (Å²) in [7, 11) is 0. The lowest BCUT2D eigenvalue weighted by atomic mass is 10.1. The van der Waals surface area contributed by atoms with Crippen molar-refractivity contribution >= 4 is 35.0 Å². The van der Waals surface area contributed by atoms with Crippen LogP contribution in [0.2, 0.25) is 0 Å². The van der Waals surface area contributed by atoms with E-state index in [9.17, 15) is 9.18 Å². The van der Waals surface area contributed by atoms with E-state index in [-0.39, 0.29) is 16.5 Å². The molecule has 2 aliphatic rings. The molecular weight excluding hydrogens is 343 g/mol. The Morgan fingerprint density at radius 1 is 1.12 bits per heavy atom. The third-order valence-electron chi connectivity index (χ3n) is 3.85. The average Bonchev–Trinajstić information content (AvgIpc) is 2.89. The minimum Gasteiger partial charge on any atom is -0.486 e. The Hall–Kier alpha value is -2.93. The lowest BCUT2D eigenvalue weighted by Crippen LogP contribution is -2.31. The number of carbonyl (C=O) groups excluding carboxylic acids is 1. The summed E-state index contributed by atoms with van der Waals surface area (Å²) in [6.07, 6.45) is 1.65. The largest absolute Gasteiger partial charge is 0.486 e. The fourth-order valence-electron chi connectivity index (χ4n) is 2.70. The molecule has 2 heterocycles. The molecule has 1 saturated heterocycles. The molecule has 0 unspecified atom stereocenters. The summed E-state index contributed by atoms with van der Waals surface area (Å²) < 4.78 is 25.0. The smallest absolute Gasteiger partial charge is 0.281 e. The van der Waals surface area contributed by atoms with Crippen molar-refractivity contribution in [3.05, 3.63) is 59.5 Å². The normalized spacial score (nSPS) is 17.8. The number of anilines is 1. The molecule has 4 rings (SSSR count). The van der Waals surface area contributed by atoms with Crippen molar-refractivity contribution < 1.29 is 18.7 Å². The lowest BCUT2D eigenvalue weighted by Gasteiger charge is -2.18. The SMILES string of the molecule is O=C1/C(=C\c2ccc3c(c2)OCCO3)NC(=S)N1c1ccccc1F. The maximum atomic E-state index is 14.0. The third-order valence-corrected chi connectivity index (χ3v) is 4.13. The third kappa shape index (κ3) is 2.83. The van der Waals surface area contributed by atoms with Crippen LogP contribution in [0, 0.1) is 5.82 Å². The fourth-order valence-corrected chi connectivity index (χ4v) is 2.99. The molecule has 126 valence electrons. The van der Waals surface area contributed by atoms with Crippen LogP contribution in [0.25, 0.3) is 6.08 Å². The molecule has 0 saturated carbocycles. The maximum Gasteiger partial charge on any atom is 0.281 e. The minimum absolute atomic E-state index is 0.121. The molecule has 5 nitrogen and oxygen atoms in total. The van der Waals surface area contributed by atoms with Crippen LogP contribution < -0.4 is 19.7 Å². The van der Waals surface area contributed by atoms with Gasteiger partial charge in [-0.1, -0.05) is 18.2 Å². The number of para-hydroxylation sites is 1. The number of halogens is 1. The predicted octanol–water partition coefficient (Wildman–Crippen LogP) is 2.86. The number of nitrogens with one attached hydrogen (secondary N) is 1. The monoisotopic (exact) mass is 356 g/mol. The standard InChI is InChI=1S/C18H13FN2O3S/c19-12-3-1-2-4-14(12)21-17(22)13(20-18(21)25)9-11-5-6-15-16(10-11)24-8-7-23-15/h1-6,9-10H,7-8H2,(H,20,25)/b13-9+. The first-order valence-electron chi connectivity index (χ1n) is 7.65. The van der Waals surface area contributed by atoms with Crippen molar-refractivity contribution in [2.75, 3.05) is 18.1 Å². The first kappa shape index (κ1) is 15.6. The van der Waals surface area contributed by atoms with Gasteiger partial charge in [-0.05, 0) is 48.1 Å². The number of ether oxygens (including phenoxy) is 2. The van der Waals surface area contributed by atoms with Gasteiger partial charge >= 0.3 is 0 Å². The van der Waals surface area contributed by atoms with Gasteiger partial charge in [-0.25, -0.2) is 9.29 Å². The van der Waals surface area contributed by atoms with Crippen LogP contribution in [0.15, 0.2) is 48.2 Å². The molecule has 2 aromatic rings. The number of carbonyl (C=O) groups is 1. The quantitative estimate of drug-likeness (QED) is 0.662. The number of rotatable bonds is 2. The van der Waals surface area contributed by atoms with Crippen LogP contribution in [0.1, 0.15) is 5.56 Å². The Balaban J connectivity index is 1.66. The molecule has 2 aromatic carbocycles. The van der Waals surface area contributed by atoms with E-state index in [0.717, 1.165) is 10.5 Å². The Bertz CT molecular complexity index is 913. The summed E-state index contributed by atoms with van der Waals surface area (Å²) in [6, 6.07) is 11.4. The second kappa shape index (κ2) is 6.18. The zero-order valence-electron chi connectivity index (χ0n) is 13.0. The van der Waals surface area contributed by atoms with E-state index in [1.54, 1.807) is 30.3 Å². The van der Waals surface area contributed by atoms with E-state index in [2.05, 4.69) is 5.32 Å². The van der Waals surface area contributed by atoms with Gasteiger partial charge in [0.05, 0.1) is 5.69 Å². The molecule has 1 fully saturated rings. The highest BCUT2D eigenvalue weighted by Crippen LogP contribution is 2.32.